The molecular formula is C23H31F3N2. The van der Waals surface area contributed by atoms with Gasteiger partial charge in [0.05, 0.1) is 5.56 Å². The van der Waals surface area contributed by atoms with Crippen molar-refractivity contribution in [2.24, 2.45) is 11.8 Å². The predicted molar refractivity (Wildman–Crippen MR) is 106 cm³/mol. The molecule has 2 heterocycles. The highest BCUT2D eigenvalue weighted by atomic mass is 19.4. The van der Waals surface area contributed by atoms with Crippen LogP contribution in [0.2, 0.25) is 0 Å². The van der Waals surface area contributed by atoms with E-state index in [9.17, 15) is 13.2 Å². The van der Waals surface area contributed by atoms with Gasteiger partial charge in [-0.1, -0.05) is 38.5 Å². The lowest BCUT2D eigenvalue weighted by molar-refractivity contribution is -0.137. The molecule has 3 fully saturated rings. The van der Waals surface area contributed by atoms with E-state index in [2.05, 4.69) is 23.3 Å². The van der Waals surface area contributed by atoms with Crippen LogP contribution < -0.4 is 0 Å². The number of benzene rings is 1. The average molecular weight is 393 g/mol. The van der Waals surface area contributed by atoms with E-state index in [0.717, 1.165) is 31.2 Å². The molecule has 2 nitrogen and oxygen atoms in total. The van der Waals surface area contributed by atoms with Gasteiger partial charge in [-0.2, -0.15) is 13.2 Å². The summed E-state index contributed by atoms with van der Waals surface area (Å²) in [5, 5.41) is 0. The molecule has 2 aliphatic heterocycles. The summed E-state index contributed by atoms with van der Waals surface area (Å²) < 4.78 is 38.5. The molecule has 1 aromatic rings. The first kappa shape index (κ1) is 19.8. The van der Waals surface area contributed by atoms with E-state index in [1.807, 2.05) is 0 Å². The summed E-state index contributed by atoms with van der Waals surface area (Å²) in [6.45, 7) is 10.8. The van der Waals surface area contributed by atoms with E-state index in [1.165, 1.54) is 56.5 Å². The smallest absolute Gasteiger partial charge is 0.374 e. The molecule has 1 aromatic carbocycles. The Hall–Kier alpha value is -1.49. The number of nitrogens with zero attached hydrogens (tertiary/aromatic N) is 2. The molecule has 154 valence electrons. The van der Waals surface area contributed by atoms with Crippen LogP contribution in [0, 0.1) is 11.8 Å². The Morgan fingerprint density at radius 2 is 1.68 bits per heavy atom. The second kappa shape index (κ2) is 7.74. The van der Waals surface area contributed by atoms with Gasteiger partial charge in [0.15, 0.2) is 0 Å². The third kappa shape index (κ3) is 3.96. The quantitative estimate of drug-likeness (QED) is 0.666. The maximum absolute atomic E-state index is 12.8. The average Bonchev–Trinajstić information content (AvgIpc) is 3.40. The Morgan fingerprint density at radius 3 is 2.32 bits per heavy atom. The topological polar surface area (TPSA) is 6.48 Å². The lowest BCUT2D eigenvalue weighted by Gasteiger charge is -2.28. The predicted octanol–water partition coefficient (Wildman–Crippen LogP) is 5.52. The van der Waals surface area contributed by atoms with Crippen LogP contribution >= 0.6 is 0 Å². The van der Waals surface area contributed by atoms with Crippen LogP contribution in [0.5, 0.6) is 0 Å². The van der Waals surface area contributed by atoms with Crippen LogP contribution in [-0.4, -0.2) is 42.0 Å². The first-order valence-electron chi connectivity index (χ1n) is 10.7. The number of hydrogen-bond acceptors (Lipinski definition) is 2. The molecule has 28 heavy (non-hydrogen) atoms. The molecule has 3 atom stereocenters. The van der Waals surface area contributed by atoms with Crippen LogP contribution in [0.3, 0.4) is 0 Å². The van der Waals surface area contributed by atoms with Crippen molar-refractivity contribution in [3.63, 3.8) is 0 Å². The Bertz CT molecular complexity index is 691. The molecule has 0 aromatic heterocycles. The highest BCUT2D eigenvalue weighted by molar-refractivity contribution is 5.29. The summed E-state index contributed by atoms with van der Waals surface area (Å²) in [7, 11) is 0. The molecule has 0 N–H and O–H groups in total. The Morgan fingerprint density at radius 1 is 1.00 bits per heavy atom. The van der Waals surface area contributed by atoms with Gasteiger partial charge < -0.3 is 4.90 Å². The third-order valence-electron chi connectivity index (χ3n) is 7.22. The van der Waals surface area contributed by atoms with Gasteiger partial charge in [-0.15, -0.1) is 0 Å². The molecule has 0 bridgehead atoms. The normalized spacial score (nSPS) is 29.7. The van der Waals surface area contributed by atoms with E-state index >= 15 is 0 Å². The van der Waals surface area contributed by atoms with Crippen molar-refractivity contribution >= 4 is 0 Å². The van der Waals surface area contributed by atoms with Gasteiger partial charge in [0.1, 0.15) is 0 Å². The minimum atomic E-state index is -4.27. The van der Waals surface area contributed by atoms with Gasteiger partial charge in [-0.3, -0.25) is 4.90 Å². The van der Waals surface area contributed by atoms with Crippen molar-refractivity contribution in [3.8, 4) is 0 Å². The standard InChI is InChI=1S/C23H31F3N2/c1-16-13-28(15-22(16)18-7-9-20(10-8-18)23(24,25)26)17(2)19-11-12-27(14-19)21-5-3-4-6-21/h7-10,16,19,21-22H,2-6,11-15H2,1H3. The molecule has 2 saturated heterocycles. The van der Waals surface area contributed by atoms with Crippen LogP contribution in [0.1, 0.15) is 56.1 Å². The minimum Gasteiger partial charge on any atom is -0.374 e. The number of halogens is 3. The van der Waals surface area contributed by atoms with Crippen molar-refractivity contribution in [2.45, 2.75) is 57.2 Å². The van der Waals surface area contributed by atoms with Crippen molar-refractivity contribution in [1.82, 2.24) is 9.80 Å². The minimum absolute atomic E-state index is 0.270. The number of hydrogen-bond donors (Lipinski definition) is 0. The summed E-state index contributed by atoms with van der Waals surface area (Å²) in [6, 6.07) is 6.53. The summed E-state index contributed by atoms with van der Waals surface area (Å²) in [4.78, 5) is 5.06. The molecular weight excluding hydrogens is 361 g/mol. The van der Waals surface area contributed by atoms with Crippen molar-refractivity contribution in [3.05, 3.63) is 47.7 Å². The number of likely N-dealkylation sites (tertiary alicyclic amines) is 2. The molecule has 5 heteroatoms. The first-order valence-corrected chi connectivity index (χ1v) is 10.7. The van der Waals surface area contributed by atoms with E-state index in [-0.39, 0.29) is 5.92 Å². The molecule has 4 rings (SSSR count). The van der Waals surface area contributed by atoms with Gasteiger partial charge in [0, 0.05) is 43.2 Å². The van der Waals surface area contributed by atoms with Gasteiger partial charge in [0.2, 0.25) is 0 Å². The van der Waals surface area contributed by atoms with Crippen LogP contribution in [0.4, 0.5) is 13.2 Å². The fraction of sp³-hybridized carbons (Fsp3) is 0.652. The summed E-state index contributed by atoms with van der Waals surface area (Å²) >= 11 is 0. The second-order valence-corrected chi connectivity index (χ2v) is 9.02. The van der Waals surface area contributed by atoms with E-state index in [0.29, 0.717) is 11.8 Å². The summed E-state index contributed by atoms with van der Waals surface area (Å²) in [6.07, 6.45) is 2.33. The third-order valence-corrected chi connectivity index (χ3v) is 7.22. The Kier molecular flexibility index (Phi) is 5.47. The van der Waals surface area contributed by atoms with Crippen LogP contribution in [0.15, 0.2) is 36.5 Å². The zero-order valence-electron chi connectivity index (χ0n) is 16.7. The van der Waals surface area contributed by atoms with E-state index in [4.69, 9.17) is 0 Å². The van der Waals surface area contributed by atoms with Crippen molar-refractivity contribution in [2.75, 3.05) is 26.2 Å². The monoisotopic (exact) mass is 392 g/mol. The van der Waals surface area contributed by atoms with Crippen molar-refractivity contribution < 1.29 is 13.2 Å². The van der Waals surface area contributed by atoms with E-state index in [1.54, 1.807) is 12.1 Å². The molecule has 0 spiro atoms. The van der Waals surface area contributed by atoms with Gasteiger partial charge >= 0.3 is 6.18 Å². The molecule has 0 amide bonds. The lowest BCUT2D eigenvalue weighted by atomic mass is 9.90. The molecule has 3 aliphatic rings. The maximum Gasteiger partial charge on any atom is 0.416 e. The fourth-order valence-electron chi connectivity index (χ4n) is 5.47. The molecule has 0 radical (unpaired) electrons. The summed E-state index contributed by atoms with van der Waals surface area (Å²) in [5.41, 5.74) is 1.68. The first-order chi connectivity index (χ1) is 13.3. The fourth-order valence-corrected chi connectivity index (χ4v) is 5.47. The Balaban J connectivity index is 1.37. The van der Waals surface area contributed by atoms with Crippen LogP contribution in [0.25, 0.3) is 0 Å². The van der Waals surface area contributed by atoms with Crippen LogP contribution in [-0.2, 0) is 6.18 Å². The summed E-state index contributed by atoms with van der Waals surface area (Å²) in [5.74, 6) is 1.21. The van der Waals surface area contributed by atoms with Crippen molar-refractivity contribution in [1.29, 1.82) is 0 Å². The number of alkyl halides is 3. The molecule has 1 saturated carbocycles. The highest BCUT2D eigenvalue weighted by Crippen LogP contribution is 2.39. The zero-order valence-corrected chi connectivity index (χ0v) is 16.7. The molecule has 1 aliphatic carbocycles. The second-order valence-electron chi connectivity index (χ2n) is 9.02. The zero-order chi connectivity index (χ0) is 19.9. The van der Waals surface area contributed by atoms with E-state index < -0.39 is 11.7 Å². The SMILES string of the molecule is C=C(C1CCN(C2CCCC2)C1)N1CC(C)C(c2ccc(C(F)(F)F)cc2)C1. The molecule has 3 unspecified atom stereocenters. The lowest BCUT2D eigenvalue weighted by Crippen LogP contribution is -2.32. The number of rotatable bonds is 4. The van der Waals surface area contributed by atoms with Gasteiger partial charge in [0.25, 0.3) is 0 Å². The largest absolute Gasteiger partial charge is 0.416 e. The van der Waals surface area contributed by atoms with Gasteiger partial charge in [-0.25, -0.2) is 0 Å². The van der Waals surface area contributed by atoms with Gasteiger partial charge in [-0.05, 0) is 49.4 Å². The Labute approximate surface area is 166 Å². The highest BCUT2D eigenvalue weighted by Gasteiger charge is 2.37. The maximum atomic E-state index is 12.8.